The van der Waals surface area contributed by atoms with Crippen molar-refractivity contribution in [1.29, 1.82) is 5.41 Å². The van der Waals surface area contributed by atoms with Gasteiger partial charge in [0, 0.05) is 18.2 Å². The molecule has 2 heterocycles. The number of nitrogens with zero attached hydrogens (tertiary/aromatic N) is 3. The highest BCUT2D eigenvalue weighted by atomic mass is 19.1. The molecular formula is C21H21F2N7O3. The normalized spacial score (nSPS) is 11.2. The number of hydrogen-bond donors (Lipinski definition) is 4. The van der Waals surface area contributed by atoms with Crippen LogP contribution in [0.1, 0.15) is 17.1 Å². The molecule has 0 aliphatic rings. The molecule has 3 rings (SSSR count). The first-order chi connectivity index (χ1) is 16.0. The lowest BCUT2D eigenvalue weighted by Gasteiger charge is -2.11. The summed E-state index contributed by atoms with van der Waals surface area (Å²) < 4.78 is 37.7. The van der Waals surface area contributed by atoms with E-state index in [-0.39, 0.29) is 49.4 Å². The highest BCUT2D eigenvalue weighted by molar-refractivity contribution is 6.07. The van der Waals surface area contributed by atoms with Crippen LogP contribution in [0.5, 0.6) is 0 Å². The molecule has 0 saturated heterocycles. The van der Waals surface area contributed by atoms with Gasteiger partial charge in [-0.1, -0.05) is 23.4 Å². The summed E-state index contributed by atoms with van der Waals surface area (Å²) in [5.74, 6) is -1.95. The fraction of sp³-hybridized carbons (Fsp3) is 0.190. The van der Waals surface area contributed by atoms with Gasteiger partial charge in [0.1, 0.15) is 30.1 Å². The molecule has 0 unspecified atom stereocenters. The van der Waals surface area contributed by atoms with Gasteiger partial charge in [-0.15, -0.1) is 0 Å². The van der Waals surface area contributed by atoms with Crippen molar-refractivity contribution in [1.82, 2.24) is 20.4 Å². The number of halogens is 2. The molecule has 1 aromatic carbocycles. The van der Waals surface area contributed by atoms with Crippen molar-refractivity contribution in [3.8, 4) is 0 Å². The predicted octanol–water partition coefficient (Wildman–Crippen LogP) is 1.86. The summed E-state index contributed by atoms with van der Waals surface area (Å²) in [6, 6.07) is 7.83. The van der Waals surface area contributed by atoms with Crippen LogP contribution in [0.3, 0.4) is 0 Å². The third-order valence-electron chi connectivity index (χ3n) is 4.24. The van der Waals surface area contributed by atoms with Gasteiger partial charge in [0.25, 0.3) is 0 Å². The number of hydrogen-bond acceptors (Lipinski definition) is 10. The Morgan fingerprint density at radius 2 is 2.06 bits per heavy atom. The minimum Gasteiger partial charge on any atom is -0.463 e. The van der Waals surface area contributed by atoms with Gasteiger partial charge in [-0.3, -0.25) is 10.2 Å². The van der Waals surface area contributed by atoms with E-state index in [0.29, 0.717) is 17.0 Å². The summed E-state index contributed by atoms with van der Waals surface area (Å²) >= 11 is 0. The number of benzene rings is 1. The second-order valence-electron chi connectivity index (χ2n) is 6.54. The van der Waals surface area contributed by atoms with Crippen LogP contribution in [-0.2, 0) is 16.1 Å². The van der Waals surface area contributed by atoms with Gasteiger partial charge in [0.2, 0.25) is 0 Å². The second kappa shape index (κ2) is 11.4. The van der Waals surface area contributed by atoms with Crippen LogP contribution >= 0.6 is 0 Å². The third kappa shape index (κ3) is 6.64. The van der Waals surface area contributed by atoms with E-state index in [2.05, 4.69) is 25.8 Å². The van der Waals surface area contributed by atoms with Gasteiger partial charge in [-0.05, 0) is 12.1 Å². The fourth-order valence-corrected chi connectivity index (χ4v) is 2.62. The quantitative estimate of drug-likeness (QED) is 0.192. The maximum atomic E-state index is 14.0. The van der Waals surface area contributed by atoms with E-state index in [1.54, 1.807) is 24.3 Å². The van der Waals surface area contributed by atoms with Crippen molar-refractivity contribution in [3.05, 3.63) is 77.6 Å². The van der Waals surface area contributed by atoms with Crippen LogP contribution in [0.4, 0.5) is 14.6 Å². The summed E-state index contributed by atoms with van der Waals surface area (Å²) in [7, 11) is 0. The standard InChI is InChI=1S/C21H21F2N7O3/c22-14-4-2-1-3-13(14)11-27-18(17-5-7-33-30-17)9-16(25)21-28-12-15(23)20(29-21)26-6-8-32-19(31)10-24/h1-5,7,9,12,25,27H,6,8,10-11,24H2,(H,26,28,29)/b18-9-,25-16?. The van der Waals surface area contributed by atoms with Gasteiger partial charge < -0.3 is 25.6 Å². The molecule has 0 fully saturated rings. The monoisotopic (exact) mass is 457 g/mol. The molecule has 10 nitrogen and oxygen atoms in total. The number of rotatable bonds is 11. The maximum absolute atomic E-state index is 14.0. The number of carbonyl (C=O) groups is 1. The molecular weight excluding hydrogens is 436 g/mol. The lowest BCUT2D eigenvalue weighted by molar-refractivity contribution is -0.141. The summed E-state index contributed by atoms with van der Waals surface area (Å²) in [6.07, 6.45) is 3.64. The van der Waals surface area contributed by atoms with E-state index in [1.807, 2.05) is 0 Å². The molecule has 0 atom stereocenters. The zero-order chi connectivity index (χ0) is 23.6. The van der Waals surface area contributed by atoms with E-state index < -0.39 is 11.8 Å². The minimum atomic E-state index is -0.741. The van der Waals surface area contributed by atoms with Crippen molar-refractivity contribution in [2.75, 3.05) is 25.0 Å². The number of nitrogens with two attached hydrogens (primary N) is 1. The minimum absolute atomic E-state index is 0.0393. The van der Waals surface area contributed by atoms with Crippen LogP contribution in [0.2, 0.25) is 0 Å². The van der Waals surface area contributed by atoms with Gasteiger partial charge in [-0.25, -0.2) is 18.7 Å². The Labute approximate surface area is 187 Å². The third-order valence-corrected chi connectivity index (χ3v) is 4.24. The van der Waals surface area contributed by atoms with Crippen LogP contribution in [0.15, 0.2) is 53.4 Å². The van der Waals surface area contributed by atoms with E-state index in [9.17, 15) is 13.6 Å². The number of ether oxygens (including phenoxy) is 1. The Hall–Kier alpha value is -4.19. The molecule has 0 radical (unpaired) electrons. The maximum Gasteiger partial charge on any atom is 0.319 e. The SMILES string of the molecule is N=C(/C=C(\NCc1ccccc1F)c1ccon1)c1ncc(F)c(NCCOC(=O)CN)n1. The number of esters is 1. The lowest BCUT2D eigenvalue weighted by atomic mass is 10.2. The second-order valence-corrected chi connectivity index (χ2v) is 6.54. The van der Waals surface area contributed by atoms with Crippen molar-refractivity contribution < 1.29 is 22.8 Å². The molecule has 0 saturated carbocycles. The summed E-state index contributed by atoms with van der Waals surface area (Å²) in [6.45, 7) is -0.0926. The van der Waals surface area contributed by atoms with Crippen molar-refractivity contribution >= 4 is 23.2 Å². The smallest absolute Gasteiger partial charge is 0.319 e. The molecule has 5 N–H and O–H groups in total. The van der Waals surface area contributed by atoms with Crippen molar-refractivity contribution in [3.63, 3.8) is 0 Å². The Balaban J connectivity index is 1.74. The predicted molar refractivity (Wildman–Crippen MR) is 115 cm³/mol. The van der Waals surface area contributed by atoms with Crippen molar-refractivity contribution in [2.24, 2.45) is 5.73 Å². The van der Waals surface area contributed by atoms with Crippen LogP contribution < -0.4 is 16.4 Å². The fourth-order valence-electron chi connectivity index (χ4n) is 2.62. The molecule has 33 heavy (non-hydrogen) atoms. The van der Waals surface area contributed by atoms with Crippen molar-refractivity contribution in [2.45, 2.75) is 6.54 Å². The molecule has 0 spiro atoms. The number of anilines is 1. The summed E-state index contributed by atoms with van der Waals surface area (Å²) in [5, 5.41) is 17.9. The van der Waals surface area contributed by atoms with Crippen LogP contribution in [-0.4, -0.2) is 46.5 Å². The molecule has 0 aliphatic heterocycles. The van der Waals surface area contributed by atoms with Crippen LogP contribution in [0, 0.1) is 17.0 Å². The molecule has 3 aromatic rings. The topological polar surface area (TPSA) is 152 Å². The molecule has 0 amide bonds. The van der Waals surface area contributed by atoms with Gasteiger partial charge in [-0.2, -0.15) is 0 Å². The zero-order valence-electron chi connectivity index (χ0n) is 17.3. The Morgan fingerprint density at radius 1 is 1.24 bits per heavy atom. The van der Waals surface area contributed by atoms with E-state index >= 15 is 0 Å². The van der Waals surface area contributed by atoms with E-state index in [0.717, 1.165) is 6.20 Å². The first kappa shape index (κ1) is 23.5. The first-order valence-corrected chi connectivity index (χ1v) is 9.78. The Morgan fingerprint density at radius 3 is 2.79 bits per heavy atom. The highest BCUT2D eigenvalue weighted by Gasteiger charge is 2.13. The Bertz CT molecular complexity index is 1140. The molecule has 0 bridgehead atoms. The molecule has 12 heteroatoms. The number of nitrogens with one attached hydrogen (secondary N) is 3. The zero-order valence-corrected chi connectivity index (χ0v) is 17.3. The van der Waals surface area contributed by atoms with E-state index in [4.69, 9.17) is 20.4 Å². The average Bonchev–Trinajstić information content (AvgIpc) is 3.36. The largest absolute Gasteiger partial charge is 0.463 e. The summed E-state index contributed by atoms with van der Waals surface area (Å²) in [5.41, 5.74) is 6.12. The Kier molecular flexibility index (Phi) is 8.13. The number of aromatic nitrogens is 3. The lowest BCUT2D eigenvalue weighted by Crippen LogP contribution is -2.21. The molecule has 0 aliphatic carbocycles. The van der Waals surface area contributed by atoms with Gasteiger partial charge >= 0.3 is 5.97 Å². The summed E-state index contributed by atoms with van der Waals surface area (Å²) in [4.78, 5) is 18.9. The van der Waals surface area contributed by atoms with Gasteiger partial charge in [0.15, 0.2) is 17.5 Å². The average molecular weight is 457 g/mol. The number of allylic oxidation sites excluding steroid dienone is 1. The first-order valence-electron chi connectivity index (χ1n) is 9.78. The van der Waals surface area contributed by atoms with Crippen LogP contribution in [0.25, 0.3) is 5.70 Å². The number of carbonyl (C=O) groups excluding carboxylic acids is 1. The van der Waals surface area contributed by atoms with E-state index in [1.165, 1.54) is 18.4 Å². The van der Waals surface area contributed by atoms with Gasteiger partial charge in [0.05, 0.1) is 25.0 Å². The molecule has 172 valence electrons. The highest BCUT2D eigenvalue weighted by Crippen LogP contribution is 2.15. The molecule has 2 aromatic heterocycles.